The Labute approximate surface area is 171 Å². The van der Waals surface area contributed by atoms with E-state index >= 15 is 0 Å². The van der Waals surface area contributed by atoms with Gasteiger partial charge in [-0.1, -0.05) is 18.2 Å². The van der Waals surface area contributed by atoms with Crippen molar-refractivity contribution in [1.29, 1.82) is 0 Å². The predicted octanol–water partition coefficient (Wildman–Crippen LogP) is 3.44. The first-order chi connectivity index (χ1) is 14.6. The molecule has 0 aliphatic carbocycles. The second kappa shape index (κ2) is 5.90. The standard InChI is InChI=1S/C23H16O7/c24-12-5-6-17-18(7-12)29-20-9-13(25)8-19(28-11-14-10-27-14)21(20)23(17)16-4-2-1-3-15(16)22(26)30-23/h1-9,14,24-25H,10-11H2. The Balaban J connectivity index is 1.66. The summed E-state index contributed by atoms with van der Waals surface area (Å²) in [5.74, 6) is 0.424. The predicted molar refractivity (Wildman–Crippen MR) is 103 cm³/mol. The van der Waals surface area contributed by atoms with E-state index in [1.807, 2.05) is 12.1 Å². The Kier molecular flexibility index (Phi) is 3.38. The molecule has 0 bridgehead atoms. The Morgan fingerprint density at radius 3 is 2.63 bits per heavy atom. The molecule has 3 aliphatic rings. The molecule has 6 rings (SSSR count). The van der Waals surface area contributed by atoms with Gasteiger partial charge in [-0.2, -0.15) is 0 Å². The van der Waals surface area contributed by atoms with Crippen LogP contribution in [-0.2, 0) is 15.1 Å². The van der Waals surface area contributed by atoms with Crippen LogP contribution in [0.25, 0.3) is 0 Å². The summed E-state index contributed by atoms with van der Waals surface area (Å²) < 4.78 is 23.3. The lowest BCUT2D eigenvalue weighted by Crippen LogP contribution is -2.33. The molecule has 0 saturated carbocycles. The first-order valence-corrected chi connectivity index (χ1v) is 9.52. The number of phenolic OH excluding ortho intramolecular Hbond substituents is 2. The molecule has 3 aromatic rings. The summed E-state index contributed by atoms with van der Waals surface area (Å²) in [7, 11) is 0. The van der Waals surface area contributed by atoms with Crippen molar-refractivity contribution in [2.75, 3.05) is 13.2 Å². The van der Waals surface area contributed by atoms with Gasteiger partial charge in [0.1, 0.15) is 41.5 Å². The molecule has 0 amide bonds. The summed E-state index contributed by atoms with van der Waals surface area (Å²) in [5, 5.41) is 20.3. The van der Waals surface area contributed by atoms with Crippen LogP contribution < -0.4 is 9.47 Å². The van der Waals surface area contributed by atoms with E-state index in [-0.39, 0.29) is 23.4 Å². The number of epoxide rings is 1. The summed E-state index contributed by atoms with van der Waals surface area (Å²) in [4.78, 5) is 12.9. The molecule has 30 heavy (non-hydrogen) atoms. The SMILES string of the molecule is O=C1OC2(c3ccc(O)cc3Oc3cc(O)cc(OCC4CO4)c32)c2ccccc21. The lowest BCUT2D eigenvalue weighted by molar-refractivity contribution is 0.0214. The first-order valence-electron chi connectivity index (χ1n) is 9.52. The largest absolute Gasteiger partial charge is 0.508 e. The molecular formula is C23H16O7. The van der Waals surface area contributed by atoms with Crippen LogP contribution in [-0.4, -0.2) is 35.5 Å². The summed E-state index contributed by atoms with van der Waals surface area (Å²) in [6.07, 6.45) is -0.00824. The number of phenols is 2. The third-order valence-electron chi connectivity index (χ3n) is 5.57. The van der Waals surface area contributed by atoms with Gasteiger partial charge in [0.05, 0.1) is 17.7 Å². The van der Waals surface area contributed by atoms with Gasteiger partial charge in [-0.05, 0) is 18.2 Å². The Morgan fingerprint density at radius 2 is 1.80 bits per heavy atom. The molecule has 1 spiro atoms. The van der Waals surface area contributed by atoms with Crippen LogP contribution in [0.15, 0.2) is 54.6 Å². The molecular weight excluding hydrogens is 388 g/mol. The van der Waals surface area contributed by atoms with Crippen molar-refractivity contribution in [3.63, 3.8) is 0 Å². The van der Waals surface area contributed by atoms with E-state index in [4.69, 9.17) is 18.9 Å². The van der Waals surface area contributed by atoms with E-state index in [2.05, 4.69) is 0 Å². The van der Waals surface area contributed by atoms with Crippen LogP contribution in [0.2, 0.25) is 0 Å². The van der Waals surface area contributed by atoms with Crippen molar-refractivity contribution in [3.05, 3.63) is 76.9 Å². The number of carbonyl (C=O) groups excluding carboxylic acids is 1. The zero-order valence-corrected chi connectivity index (χ0v) is 15.6. The van der Waals surface area contributed by atoms with Crippen molar-refractivity contribution in [2.45, 2.75) is 11.7 Å². The molecule has 0 radical (unpaired) electrons. The summed E-state index contributed by atoms with van der Waals surface area (Å²) in [6.45, 7) is 0.909. The molecule has 2 unspecified atom stereocenters. The number of carbonyl (C=O) groups is 1. The number of fused-ring (bicyclic) bond motifs is 6. The molecule has 7 nitrogen and oxygen atoms in total. The highest BCUT2D eigenvalue weighted by Crippen LogP contribution is 2.59. The average molecular weight is 404 g/mol. The lowest BCUT2D eigenvalue weighted by atomic mass is 9.77. The fraction of sp³-hybridized carbons (Fsp3) is 0.174. The lowest BCUT2D eigenvalue weighted by Gasteiger charge is -2.37. The summed E-state index contributed by atoms with van der Waals surface area (Å²) in [6, 6.07) is 14.7. The summed E-state index contributed by atoms with van der Waals surface area (Å²) >= 11 is 0. The molecule has 2 N–H and O–H groups in total. The van der Waals surface area contributed by atoms with Crippen LogP contribution in [0, 0.1) is 0 Å². The number of benzene rings is 3. The average Bonchev–Trinajstić information content (AvgIpc) is 3.51. The van der Waals surface area contributed by atoms with Gasteiger partial charge in [0.15, 0.2) is 5.60 Å². The highest BCUT2D eigenvalue weighted by Gasteiger charge is 2.55. The molecule has 3 aliphatic heterocycles. The highest BCUT2D eigenvalue weighted by molar-refractivity contribution is 5.97. The Hall–Kier alpha value is -3.71. The maximum atomic E-state index is 12.9. The van der Waals surface area contributed by atoms with Crippen molar-refractivity contribution in [1.82, 2.24) is 0 Å². The van der Waals surface area contributed by atoms with Gasteiger partial charge in [0.2, 0.25) is 0 Å². The fourth-order valence-electron chi connectivity index (χ4n) is 4.21. The van der Waals surface area contributed by atoms with Crippen molar-refractivity contribution >= 4 is 5.97 Å². The van der Waals surface area contributed by atoms with Crippen LogP contribution in [0.5, 0.6) is 28.7 Å². The number of hydrogen-bond acceptors (Lipinski definition) is 7. The zero-order valence-electron chi connectivity index (χ0n) is 15.6. The zero-order chi connectivity index (χ0) is 20.5. The first kappa shape index (κ1) is 17.2. The van der Waals surface area contributed by atoms with E-state index < -0.39 is 11.6 Å². The third kappa shape index (κ3) is 2.32. The molecule has 7 heteroatoms. The molecule has 150 valence electrons. The van der Waals surface area contributed by atoms with Crippen LogP contribution >= 0.6 is 0 Å². The second-order valence-electron chi connectivity index (χ2n) is 7.48. The molecule has 1 fully saturated rings. The molecule has 3 aromatic carbocycles. The minimum Gasteiger partial charge on any atom is -0.508 e. The second-order valence-corrected chi connectivity index (χ2v) is 7.48. The number of hydrogen-bond donors (Lipinski definition) is 2. The van der Waals surface area contributed by atoms with Crippen molar-refractivity contribution in [2.24, 2.45) is 0 Å². The normalized spacial score (nSPS) is 22.5. The molecule has 1 saturated heterocycles. The summed E-state index contributed by atoms with van der Waals surface area (Å²) in [5.41, 5.74) is 0.790. The molecule has 3 heterocycles. The van der Waals surface area contributed by atoms with Gasteiger partial charge in [0.25, 0.3) is 0 Å². The highest BCUT2D eigenvalue weighted by atomic mass is 16.6. The van der Waals surface area contributed by atoms with Crippen LogP contribution in [0.1, 0.15) is 27.0 Å². The van der Waals surface area contributed by atoms with Gasteiger partial charge < -0.3 is 29.2 Å². The molecule has 2 atom stereocenters. The van der Waals surface area contributed by atoms with Gasteiger partial charge >= 0.3 is 5.97 Å². The van der Waals surface area contributed by atoms with Gasteiger partial charge in [-0.25, -0.2) is 4.79 Å². The quantitative estimate of drug-likeness (QED) is 0.510. The minimum absolute atomic E-state index is 0.00691. The monoisotopic (exact) mass is 404 g/mol. The number of rotatable bonds is 3. The Morgan fingerprint density at radius 1 is 1.00 bits per heavy atom. The topological polar surface area (TPSA) is 97.8 Å². The maximum Gasteiger partial charge on any atom is 0.340 e. The van der Waals surface area contributed by atoms with Gasteiger partial charge in [0, 0.05) is 29.3 Å². The minimum atomic E-state index is -1.34. The van der Waals surface area contributed by atoms with E-state index in [1.54, 1.807) is 18.2 Å². The van der Waals surface area contributed by atoms with Crippen LogP contribution in [0.3, 0.4) is 0 Å². The van der Waals surface area contributed by atoms with E-state index in [0.29, 0.717) is 47.0 Å². The number of esters is 1. The number of ether oxygens (including phenoxy) is 4. The van der Waals surface area contributed by atoms with Gasteiger partial charge in [-0.15, -0.1) is 0 Å². The van der Waals surface area contributed by atoms with E-state index in [9.17, 15) is 15.0 Å². The van der Waals surface area contributed by atoms with E-state index in [0.717, 1.165) is 0 Å². The van der Waals surface area contributed by atoms with Crippen LogP contribution in [0.4, 0.5) is 0 Å². The van der Waals surface area contributed by atoms with Gasteiger partial charge in [-0.3, -0.25) is 0 Å². The maximum absolute atomic E-state index is 12.9. The number of aromatic hydroxyl groups is 2. The Bertz CT molecular complexity index is 1210. The van der Waals surface area contributed by atoms with E-state index in [1.165, 1.54) is 24.3 Å². The third-order valence-corrected chi connectivity index (χ3v) is 5.57. The smallest absolute Gasteiger partial charge is 0.340 e. The fourth-order valence-corrected chi connectivity index (χ4v) is 4.21. The van der Waals surface area contributed by atoms with Crippen molar-refractivity contribution < 1.29 is 34.0 Å². The molecule has 0 aromatic heterocycles. The van der Waals surface area contributed by atoms with Crippen molar-refractivity contribution in [3.8, 4) is 28.7 Å².